The van der Waals surface area contributed by atoms with E-state index in [1.807, 2.05) is 0 Å². The molecule has 73 heavy (non-hydrogen) atoms. The third-order valence-corrected chi connectivity index (χ3v) is 13.7. The van der Waals surface area contributed by atoms with E-state index in [0.717, 1.165) is 103 Å². The maximum absolute atomic E-state index is 12.9. The Morgan fingerprint density at radius 1 is 0.288 bits per heavy atom. The van der Waals surface area contributed by atoms with E-state index in [1.165, 1.54) is 173 Å². The number of carbonyl (C=O) groups is 3. The van der Waals surface area contributed by atoms with E-state index < -0.39 is 6.10 Å². The summed E-state index contributed by atoms with van der Waals surface area (Å²) in [5, 5.41) is 0. The molecule has 0 radical (unpaired) electrons. The molecule has 0 aromatic rings. The van der Waals surface area contributed by atoms with Crippen LogP contribution in [0.2, 0.25) is 0 Å². The minimum Gasteiger partial charge on any atom is -0.462 e. The second kappa shape index (κ2) is 61.4. The molecule has 6 nitrogen and oxygen atoms in total. The Balaban J connectivity index is 4.34. The minimum absolute atomic E-state index is 0.0832. The van der Waals surface area contributed by atoms with Crippen molar-refractivity contribution in [3.63, 3.8) is 0 Å². The van der Waals surface area contributed by atoms with Crippen LogP contribution in [0.4, 0.5) is 0 Å². The third kappa shape index (κ3) is 59.6. The average molecular weight is 1020 g/mol. The summed E-state index contributed by atoms with van der Waals surface area (Å²) < 4.78 is 16.9. The van der Waals surface area contributed by atoms with Crippen LogP contribution < -0.4 is 0 Å². The summed E-state index contributed by atoms with van der Waals surface area (Å²) in [4.78, 5) is 38.3. The summed E-state index contributed by atoms with van der Waals surface area (Å²) in [6.45, 7) is 6.52. The van der Waals surface area contributed by atoms with Crippen molar-refractivity contribution in [2.24, 2.45) is 0 Å². The number of allylic oxidation sites excluding steroid dienone is 12. The van der Waals surface area contributed by atoms with Gasteiger partial charge in [0.05, 0.1) is 0 Å². The first kappa shape index (κ1) is 69.8. The molecule has 0 spiro atoms. The molecule has 0 rings (SSSR count). The molecule has 0 saturated carbocycles. The Bertz CT molecular complexity index is 1360. The average Bonchev–Trinajstić information content (AvgIpc) is 3.39. The highest BCUT2D eigenvalue weighted by Gasteiger charge is 2.19. The first-order chi connectivity index (χ1) is 36.0. The second-order valence-corrected chi connectivity index (χ2v) is 20.9. The Morgan fingerprint density at radius 3 is 0.877 bits per heavy atom. The lowest BCUT2D eigenvalue weighted by atomic mass is 10.0. The number of esters is 3. The first-order valence-corrected chi connectivity index (χ1v) is 31.4. The molecule has 1 unspecified atom stereocenters. The molecular weight excluding hydrogens is 901 g/mol. The van der Waals surface area contributed by atoms with Crippen molar-refractivity contribution >= 4 is 17.9 Å². The van der Waals surface area contributed by atoms with Gasteiger partial charge in [-0.2, -0.15) is 0 Å². The highest BCUT2D eigenvalue weighted by molar-refractivity contribution is 5.71. The van der Waals surface area contributed by atoms with Crippen LogP contribution in [0.25, 0.3) is 0 Å². The maximum atomic E-state index is 12.9. The van der Waals surface area contributed by atoms with Gasteiger partial charge in [-0.05, 0) is 109 Å². The topological polar surface area (TPSA) is 78.9 Å². The Labute approximate surface area is 453 Å². The zero-order valence-electron chi connectivity index (χ0n) is 48.4. The van der Waals surface area contributed by atoms with Gasteiger partial charge in [0.25, 0.3) is 0 Å². The molecule has 0 heterocycles. The van der Waals surface area contributed by atoms with Crippen LogP contribution in [0.15, 0.2) is 72.9 Å². The second-order valence-electron chi connectivity index (χ2n) is 20.9. The van der Waals surface area contributed by atoms with E-state index in [1.54, 1.807) is 0 Å². The van der Waals surface area contributed by atoms with Crippen LogP contribution in [0.5, 0.6) is 0 Å². The Morgan fingerprint density at radius 2 is 0.534 bits per heavy atom. The number of hydrogen-bond donors (Lipinski definition) is 0. The summed E-state index contributed by atoms with van der Waals surface area (Å²) in [6, 6.07) is 0. The molecule has 0 aromatic carbocycles. The van der Waals surface area contributed by atoms with Gasteiger partial charge >= 0.3 is 17.9 Å². The van der Waals surface area contributed by atoms with E-state index in [9.17, 15) is 14.4 Å². The van der Waals surface area contributed by atoms with Crippen LogP contribution in [-0.2, 0) is 28.6 Å². The van der Waals surface area contributed by atoms with Gasteiger partial charge < -0.3 is 14.2 Å². The Kier molecular flexibility index (Phi) is 58.7. The highest BCUT2D eigenvalue weighted by Crippen LogP contribution is 2.16. The fourth-order valence-electron chi connectivity index (χ4n) is 8.95. The van der Waals surface area contributed by atoms with Crippen LogP contribution in [0.1, 0.15) is 316 Å². The molecule has 0 amide bonds. The fraction of sp³-hybridized carbons (Fsp3) is 0.776. The molecule has 0 fully saturated rings. The van der Waals surface area contributed by atoms with Crippen LogP contribution in [0.3, 0.4) is 0 Å². The van der Waals surface area contributed by atoms with Crippen molar-refractivity contribution in [2.45, 2.75) is 322 Å². The fourth-order valence-corrected chi connectivity index (χ4v) is 8.95. The van der Waals surface area contributed by atoms with Crippen LogP contribution in [-0.4, -0.2) is 37.2 Å². The first-order valence-electron chi connectivity index (χ1n) is 31.4. The maximum Gasteiger partial charge on any atom is 0.306 e. The smallest absolute Gasteiger partial charge is 0.306 e. The monoisotopic (exact) mass is 1020 g/mol. The molecule has 0 aliphatic carbocycles. The number of rotatable bonds is 57. The molecule has 0 saturated heterocycles. The van der Waals surface area contributed by atoms with Gasteiger partial charge in [0, 0.05) is 19.3 Å². The van der Waals surface area contributed by atoms with Crippen molar-refractivity contribution in [1.29, 1.82) is 0 Å². The zero-order chi connectivity index (χ0) is 52.9. The number of carbonyl (C=O) groups excluding carboxylic acids is 3. The summed E-state index contributed by atoms with van der Waals surface area (Å²) in [6.07, 6.45) is 79.0. The lowest BCUT2D eigenvalue weighted by Crippen LogP contribution is -2.30. The van der Waals surface area contributed by atoms with Crippen molar-refractivity contribution < 1.29 is 28.6 Å². The van der Waals surface area contributed by atoms with Crippen molar-refractivity contribution in [2.75, 3.05) is 13.2 Å². The van der Waals surface area contributed by atoms with Gasteiger partial charge in [-0.25, -0.2) is 0 Å². The Hall–Kier alpha value is -3.15. The largest absolute Gasteiger partial charge is 0.462 e. The molecule has 0 bridgehead atoms. The van der Waals surface area contributed by atoms with Crippen molar-refractivity contribution in [3.8, 4) is 0 Å². The van der Waals surface area contributed by atoms with E-state index in [0.29, 0.717) is 19.3 Å². The normalized spacial score (nSPS) is 12.5. The van der Waals surface area contributed by atoms with E-state index in [2.05, 4.69) is 93.7 Å². The van der Waals surface area contributed by atoms with Crippen LogP contribution in [0, 0.1) is 0 Å². The summed E-state index contributed by atoms with van der Waals surface area (Å²) in [5.74, 6) is -0.896. The summed E-state index contributed by atoms with van der Waals surface area (Å²) in [7, 11) is 0. The van der Waals surface area contributed by atoms with Crippen molar-refractivity contribution in [3.05, 3.63) is 72.9 Å². The summed E-state index contributed by atoms with van der Waals surface area (Å²) in [5.41, 5.74) is 0. The number of unbranched alkanes of at least 4 members (excludes halogenated alkanes) is 34. The minimum atomic E-state index is -0.788. The van der Waals surface area contributed by atoms with Crippen LogP contribution >= 0.6 is 0 Å². The van der Waals surface area contributed by atoms with E-state index in [4.69, 9.17) is 14.2 Å². The summed E-state index contributed by atoms with van der Waals surface area (Å²) >= 11 is 0. The molecule has 0 N–H and O–H groups in total. The van der Waals surface area contributed by atoms with Gasteiger partial charge in [0.2, 0.25) is 0 Å². The molecule has 0 aliphatic heterocycles. The zero-order valence-corrected chi connectivity index (χ0v) is 48.4. The molecule has 0 aliphatic rings. The predicted molar refractivity (Wildman–Crippen MR) is 316 cm³/mol. The lowest BCUT2D eigenvalue weighted by Gasteiger charge is -2.18. The van der Waals surface area contributed by atoms with Gasteiger partial charge in [0.15, 0.2) is 6.10 Å². The SMILES string of the molecule is CC/C=C\C/C=C\C/C=C\CCCCCCCCCC(=O)OC(COC(=O)CCCCCCC/C=C\C/C=C\CCCCC)COC(=O)CCCCCCCCCCCCC/C=C\CCCCCCCCCC. The van der Waals surface area contributed by atoms with Gasteiger partial charge in [-0.15, -0.1) is 0 Å². The highest BCUT2D eigenvalue weighted by atomic mass is 16.6. The molecule has 0 aromatic heterocycles. The molecular formula is C67H118O6. The molecule has 6 heteroatoms. The van der Waals surface area contributed by atoms with Crippen molar-refractivity contribution in [1.82, 2.24) is 0 Å². The number of hydrogen-bond acceptors (Lipinski definition) is 6. The third-order valence-electron chi connectivity index (χ3n) is 13.7. The standard InChI is InChI=1S/C67H118O6/c1-4-7-10-13-16-19-22-25-28-30-31-32-33-34-35-37-39-42-45-48-51-54-57-60-66(69)72-63-64(62-71-65(68)59-56-53-50-47-44-41-38-27-24-21-18-15-12-9-6-3)73-67(70)61-58-55-52-49-46-43-40-36-29-26-23-20-17-14-11-8-5-2/h8,11,17-18,20-21,26-27,29-31,38,64H,4-7,9-10,12-16,19,22-25,28,32-37,39-63H2,1-3H3/b11-8-,20-17-,21-18-,29-26-,31-30-,38-27-. The van der Waals surface area contributed by atoms with Gasteiger partial charge in [-0.1, -0.05) is 261 Å². The van der Waals surface area contributed by atoms with E-state index in [-0.39, 0.29) is 31.1 Å². The molecule has 1 atom stereocenters. The quantitative estimate of drug-likeness (QED) is 0.0261. The van der Waals surface area contributed by atoms with E-state index >= 15 is 0 Å². The van der Waals surface area contributed by atoms with Gasteiger partial charge in [-0.3, -0.25) is 14.4 Å². The molecule has 422 valence electrons. The predicted octanol–water partition coefficient (Wildman–Crippen LogP) is 21.3. The number of ether oxygens (including phenoxy) is 3. The lowest BCUT2D eigenvalue weighted by molar-refractivity contribution is -0.167. The van der Waals surface area contributed by atoms with Gasteiger partial charge in [0.1, 0.15) is 13.2 Å².